The van der Waals surface area contributed by atoms with Gasteiger partial charge in [-0.2, -0.15) is 0 Å². The van der Waals surface area contributed by atoms with Crippen LogP contribution in [0.25, 0.3) is 5.69 Å². The van der Waals surface area contributed by atoms with Gasteiger partial charge in [-0.15, -0.1) is 10.2 Å². The van der Waals surface area contributed by atoms with Gasteiger partial charge in [-0.25, -0.2) is 4.39 Å². The summed E-state index contributed by atoms with van der Waals surface area (Å²) < 4.78 is 16.0. The van der Waals surface area contributed by atoms with Crippen LogP contribution in [0.4, 0.5) is 4.39 Å². The van der Waals surface area contributed by atoms with Gasteiger partial charge >= 0.3 is 0 Å². The van der Waals surface area contributed by atoms with Crippen molar-refractivity contribution in [3.63, 3.8) is 0 Å². The van der Waals surface area contributed by atoms with E-state index in [1.165, 1.54) is 12.1 Å². The molecule has 0 N–H and O–H groups in total. The van der Waals surface area contributed by atoms with Crippen molar-refractivity contribution in [2.24, 2.45) is 4.99 Å². The molecule has 5 nitrogen and oxygen atoms in total. The summed E-state index contributed by atoms with van der Waals surface area (Å²) in [5, 5.41) is 8.61. The van der Waals surface area contributed by atoms with E-state index in [1.54, 1.807) is 6.07 Å². The van der Waals surface area contributed by atoms with Crippen LogP contribution in [0.1, 0.15) is 22.8 Å². The molecule has 3 aromatic rings. The van der Waals surface area contributed by atoms with Crippen LogP contribution < -0.4 is 0 Å². The SMILES string of the molecule is CN(C)Cc1nnc2n1-c1ccc(F)cc1C(c1ccccc1)=NC2. The van der Waals surface area contributed by atoms with Crippen LogP contribution in [0.3, 0.4) is 0 Å². The first-order valence-corrected chi connectivity index (χ1v) is 8.11. The predicted molar refractivity (Wildman–Crippen MR) is 94.5 cm³/mol. The van der Waals surface area contributed by atoms with Gasteiger partial charge in [0.1, 0.15) is 12.4 Å². The van der Waals surface area contributed by atoms with E-state index in [-0.39, 0.29) is 5.82 Å². The Kier molecular flexibility index (Phi) is 3.89. The zero-order chi connectivity index (χ0) is 17.4. The Bertz CT molecular complexity index is 944. The van der Waals surface area contributed by atoms with Crippen molar-refractivity contribution in [3.05, 3.63) is 77.1 Å². The minimum absolute atomic E-state index is 0.284. The van der Waals surface area contributed by atoms with Crippen LogP contribution in [0.2, 0.25) is 0 Å². The van der Waals surface area contributed by atoms with Crippen molar-refractivity contribution < 1.29 is 4.39 Å². The van der Waals surface area contributed by atoms with Gasteiger partial charge in [-0.1, -0.05) is 30.3 Å². The number of hydrogen-bond acceptors (Lipinski definition) is 4. The molecule has 0 aliphatic carbocycles. The second kappa shape index (κ2) is 6.22. The van der Waals surface area contributed by atoms with Gasteiger partial charge < -0.3 is 4.90 Å². The Labute approximate surface area is 145 Å². The number of hydrogen-bond donors (Lipinski definition) is 0. The maximum absolute atomic E-state index is 14.0. The lowest BCUT2D eigenvalue weighted by atomic mass is 10.0. The van der Waals surface area contributed by atoms with Gasteiger partial charge in [0.25, 0.3) is 0 Å². The van der Waals surface area contributed by atoms with Gasteiger partial charge in [0, 0.05) is 11.1 Å². The number of nitrogens with zero attached hydrogens (tertiary/aromatic N) is 5. The minimum atomic E-state index is -0.284. The zero-order valence-electron chi connectivity index (χ0n) is 14.1. The number of fused-ring (bicyclic) bond motifs is 3. The van der Waals surface area contributed by atoms with Crippen LogP contribution in [-0.2, 0) is 13.1 Å². The van der Waals surface area contributed by atoms with E-state index in [4.69, 9.17) is 4.99 Å². The summed E-state index contributed by atoms with van der Waals surface area (Å²) in [5.41, 5.74) is 3.35. The molecule has 0 unspecified atom stereocenters. The summed E-state index contributed by atoms with van der Waals surface area (Å²) in [6, 6.07) is 14.6. The molecular weight excluding hydrogens is 317 g/mol. The van der Waals surface area contributed by atoms with Crippen LogP contribution in [0.5, 0.6) is 0 Å². The average molecular weight is 335 g/mol. The van der Waals surface area contributed by atoms with E-state index in [0.717, 1.165) is 34.2 Å². The number of benzene rings is 2. The molecule has 25 heavy (non-hydrogen) atoms. The van der Waals surface area contributed by atoms with Crippen molar-refractivity contribution in [2.45, 2.75) is 13.1 Å². The molecule has 0 radical (unpaired) electrons. The number of aromatic nitrogens is 3. The molecular formula is C19H18FN5. The highest BCUT2D eigenvalue weighted by molar-refractivity contribution is 6.15. The minimum Gasteiger partial charge on any atom is -0.302 e. The number of aliphatic imine (C=N–C) groups is 1. The Morgan fingerprint density at radius 2 is 1.88 bits per heavy atom. The lowest BCUT2D eigenvalue weighted by Gasteiger charge is -2.15. The van der Waals surface area contributed by atoms with Crippen LogP contribution in [0.15, 0.2) is 53.5 Å². The Balaban J connectivity index is 1.94. The van der Waals surface area contributed by atoms with E-state index < -0.39 is 0 Å². The smallest absolute Gasteiger partial charge is 0.159 e. The first kappa shape index (κ1) is 15.7. The summed E-state index contributed by atoms with van der Waals surface area (Å²) in [4.78, 5) is 6.75. The lowest BCUT2D eigenvalue weighted by Crippen LogP contribution is -2.16. The molecule has 0 amide bonds. The topological polar surface area (TPSA) is 46.3 Å². The molecule has 2 heterocycles. The summed E-state index contributed by atoms with van der Waals surface area (Å²) >= 11 is 0. The third-order valence-corrected chi connectivity index (χ3v) is 4.14. The fourth-order valence-corrected chi connectivity index (χ4v) is 3.09. The van der Waals surface area contributed by atoms with E-state index >= 15 is 0 Å². The van der Waals surface area contributed by atoms with Crippen LogP contribution in [-0.4, -0.2) is 39.5 Å². The first-order chi connectivity index (χ1) is 12.1. The molecule has 1 aliphatic heterocycles. The predicted octanol–water partition coefficient (Wildman–Crippen LogP) is 2.82. The lowest BCUT2D eigenvalue weighted by molar-refractivity contribution is 0.387. The van der Waals surface area contributed by atoms with E-state index in [0.29, 0.717) is 13.1 Å². The third kappa shape index (κ3) is 2.85. The zero-order valence-corrected chi connectivity index (χ0v) is 14.1. The molecule has 2 aromatic carbocycles. The average Bonchev–Trinajstić information content (AvgIpc) is 2.90. The number of rotatable bonds is 3. The van der Waals surface area contributed by atoms with Gasteiger partial charge in [-0.05, 0) is 32.3 Å². The molecule has 126 valence electrons. The summed E-state index contributed by atoms with van der Waals surface area (Å²) in [7, 11) is 3.96. The molecule has 0 spiro atoms. The summed E-state index contributed by atoms with van der Waals surface area (Å²) in [6.45, 7) is 1.05. The summed E-state index contributed by atoms with van der Waals surface area (Å²) in [5.74, 6) is 1.29. The van der Waals surface area contributed by atoms with Gasteiger partial charge in [0.2, 0.25) is 0 Å². The molecule has 0 fully saturated rings. The van der Waals surface area contributed by atoms with Gasteiger partial charge in [0.15, 0.2) is 11.6 Å². The summed E-state index contributed by atoms with van der Waals surface area (Å²) in [6.07, 6.45) is 0. The van der Waals surface area contributed by atoms with Crippen LogP contribution in [0, 0.1) is 5.82 Å². The maximum Gasteiger partial charge on any atom is 0.159 e. The maximum atomic E-state index is 14.0. The normalized spacial score (nSPS) is 13.2. The standard InChI is InChI=1S/C19H18FN5/c1-24(2)12-18-23-22-17-11-21-19(13-6-4-3-5-7-13)15-10-14(20)8-9-16(15)25(17)18/h3-10H,11-12H2,1-2H3. The Hall–Kier alpha value is -2.86. The first-order valence-electron chi connectivity index (χ1n) is 8.11. The Morgan fingerprint density at radius 3 is 2.64 bits per heavy atom. The van der Waals surface area contributed by atoms with E-state index in [1.807, 2.05) is 53.9 Å². The Morgan fingerprint density at radius 1 is 1.08 bits per heavy atom. The quantitative estimate of drug-likeness (QED) is 0.739. The van der Waals surface area contributed by atoms with Crippen molar-refractivity contribution >= 4 is 5.71 Å². The molecule has 4 rings (SSSR count). The van der Waals surface area contributed by atoms with E-state index in [2.05, 4.69) is 10.2 Å². The van der Waals surface area contributed by atoms with Crippen molar-refractivity contribution in [1.29, 1.82) is 0 Å². The van der Waals surface area contributed by atoms with Crippen molar-refractivity contribution in [2.75, 3.05) is 14.1 Å². The van der Waals surface area contributed by atoms with Crippen LogP contribution >= 0.6 is 0 Å². The second-order valence-corrected chi connectivity index (χ2v) is 6.30. The van der Waals surface area contributed by atoms with Crippen molar-refractivity contribution in [1.82, 2.24) is 19.7 Å². The van der Waals surface area contributed by atoms with E-state index in [9.17, 15) is 4.39 Å². The second-order valence-electron chi connectivity index (χ2n) is 6.30. The third-order valence-electron chi connectivity index (χ3n) is 4.14. The molecule has 0 bridgehead atoms. The fraction of sp³-hybridized carbons (Fsp3) is 0.211. The van der Waals surface area contributed by atoms with Gasteiger partial charge in [-0.3, -0.25) is 9.56 Å². The highest BCUT2D eigenvalue weighted by Crippen LogP contribution is 2.26. The fourth-order valence-electron chi connectivity index (χ4n) is 3.09. The highest BCUT2D eigenvalue weighted by Gasteiger charge is 2.23. The highest BCUT2D eigenvalue weighted by atomic mass is 19.1. The van der Waals surface area contributed by atoms with Gasteiger partial charge in [0.05, 0.1) is 17.9 Å². The molecule has 1 aromatic heterocycles. The molecule has 0 atom stereocenters. The largest absolute Gasteiger partial charge is 0.302 e. The van der Waals surface area contributed by atoms with Crippen molar-refractivity contribution in [3.8, 4) is 5.69 Å². The molecule has 0 saturated carbocycles. The molecule has 0 saturated heterocycles. The molecule has 1 aliphatic rings. The number of halogens is 1. The molecule has 6 heteroatoms. The monoisotopic (exact) mass is 335 g/mol.